The maximum Gasteiger partial charge on any atom is 0.328 e. The van der Waals surface area contributed by atoms with Crippen LogP contribution in [0.4, 0.5) is 0 Å². The molecule has 1 aromatic rings. The first-order valence-corrected chi connectivity index (χ1v) is 7.00. The Kier molecular flexibility index (Phi) is 5.11. The third-order valence-electron chi connectivity index (χ3n) is 3.64. The number of nitrogens with two attached hydrogens (primary N) is 1. The number of nitrogens with one attached hydrogen (secondary N) is 1. The van der Waals surface area contributed by atoms with E-state index >= 15 is 0 Å². The van der Waals surface area contributed by atoms with E-state index in [0.29, 0.717) is 12.0 Å². The van der Waals surface area contributed by atoms with Gasteiger partial charge in [0.2, 0.25) is 5.91 Å². The number of nitrogens with zero attached hydrogens (tertiary/aromatic N) is 1. The lowest BCUT2D eigenvalue weighted by atomic mass is 10.1. The molecular weight excluding hydrogens is 286 g/mol. The highest BCUT2D eigenvalue weighted by Crippen LogP contribution is 2.19. The summed E-state index contributed by atoms with van der Waals surface area (Å²) in [6.07, 6.45) is 0.316. The summed E-state index contributed by atoms with van der Waals surface area (Å²) in [5.41, 5.74) is 5.89. The van der Waals surface area contributed by atoms with Crippen molar-refractivity contribution in [3.8, 4) is 0 Å². The number of rotatable bonds is 4. The van der Waals surface area contributed by atoms with E-state index in [4.69, 9.17) is 10.5 Å². The Morgan fingerprint density at radius 1 is 1.32 bits per heavy atom. The molecule has 0 aromatic heterocycles. The van der Waals surface area contributed by atoms with Crippen LogP contribution in [0.1, 0.15) is 16.8 Å². The minimum atomic E-state index is -0.706. The third kappa shape index (κ3) is 3.43. The van der Waals surface area contributed by atoms with E-state index in [1.54, 1.807) is 24.3 Å². The molecule has 1 aliphatic heterocycles. The number of methoxy groups -OCH3 is 1. The molecule has 0 aliphatic carbocycles. The summed E-state index contributed by atoms with van der Waals surface area (Å²) in [4.78, 5) is 37.1. The number of benzene rings is 1. The second-order valence-electron chi connectivity index (χ2n) is 5.06. The Hall–Kier alpha value is -2.41. The molecule has 0 saturated carbocycles. The fourth-order valence-electron chi connectivity index (χ4n) is 2.55. The van der Waals surface area contributed by atoms with Crippen molar-refractivity contribution in [1.82, 2.24) is 10.2 Å². The first-order chi connectivity index (χ1) is 10.6. The zero-order valence-corrected chi connectivity index (χ0v) is 12.3. The molecule has 0 bridgehead atoms. The van der Waals surface area contributed by atoms with Gasteiger partial charge in [-0.2, -0.15) is 0 Å². The molecule has 7 heteroatoms. The van der Waals surface area contributed by atoms with E-state index in [0.717, 1.165) is 0 Å². The van der Waals surface area contributed by atoms with E-state index < -0.39 is 12.0 Å². The fraction of sp³-hybridized carbons (Fsp3) is 0.400. The zero-order valence-electron chi connectivity index (χ0n) is 12.3. The third-order valence-corrected chi connectivity index (χ3v) is 3.64. The van der Waals surface area contributed by atoms with Crippen molar-refractivity contribution in [3.05, 3.63) is 35.9 Å². The van der Waals surface area contributed by atoms with Gasteiger partial charge < -0.3 is 20.7 Å². The van der Waals surface area contributed by atoms with Crippen molar-refractivity contribution >= 4 is 17.8 Å². The summed E-state index contributed by atoms with van der Waals surface area (Å²) >= 11 is 0. The molecule has 2 atom stereocenters. The molecule has 0 spiro atoms. The molecule has 1 aromatic carbocycles. The monoisotopic (exact) mass is 305 g/mol. The van der Waals surface area contributed by atoms with Crippen molar-refractivity contribution in [3.63, 3.8) is 0 Å². The molecule has 2 amide bonds. The summed E-state index contributed by atoms with van der Waals surface area (Å²) < 4.78 is 4.71. The molecule has 7 nitrogen and oxygen atoms in total. The topological polar surface area (TPSA) is 102 Å². The van der Waals surface area contributed by atoms with Crippen LogP contribution in [0.15, 0.2) is 30.3 Å². The number of esters is 1. The van der Waals surface area contributed by atoms with Gasteiger partial charge in [0.1, 0.15) is 6.04 Å². The van der Waals surface area contributed by atoms with Crippen LogP contribution in [0.5, 0.6) is 0 Å². The number of carbonyl (C=O) groups excluding carboxylic acids is 3. The van der Waals surface area contributed by atoms with E-state index in [1.165, 1.54) is 12.0 Å². The molecule has 1 fully saturated rings. The standard InChI is InChI=1S/C15H19N3O4/c1-22-15(21)12-7-11(9-18(12)13(19)8-16)17-14(20)10-5-3-2-4-6-10/h2-6,11-12H,7-9,16H2,1H3,(H,17,20)/t11-,12+/m1/s1. The van der Waals surface area contributed by atoms with Gasteiger partial charge >= 0.3 is 5.97 Å². The van der Waals surface area contributed by atoms with Crippen LogP contribution in [0.2, 0.25) is 0 Å². The Bertz CT molecular complexity index is 537. The van der Waals surface area contributed by atoms with Crippen LogP contribution in [0.3, 0.4) is 0 Å². The molecular formula is C15H19N3O4. The van der Waals surface area contributed by atoms with Crippen molar-refractivity contribution < 1.29 is 19.1 Å². The van der Waals surface area contributed by atoms with E-state index in [2.05, 4.69) is 5.32 Å². The Labute approximate surface area is 128 Å². The molecule has 1 aliphatic rings. The van der Waals surface area contributed by atoms with Gasteiger partial charge in [-0.1, -0.05) is 18.2 Å². The van der Waals surface area contributed by atoms with Crippen LogP contribution < -0.4 is 11.1 Å². The van der Waals surface area contributed by atoms with Gasteiger partial charge in [0.15, 0.2) is 0 Å². The maximum absolute atomic E-state index is 12.1. The van der Waals surface area contributed by atoms with Gasteiger partial charge in [0.05, 0.1) is 13.7 Å². The lowest BCUT2D eigenvalue weighted by Gasteiger charge is -2.21. The number of amides is 2. The Balaban J connectivity index is 2.06. The predicted molar refractivity (Wildman–Crippen MR) is 78.9 cm³/mol. The van der Waals surface area contributed by atoms with Crippen molar-refractivity contribution in [1.29, 1.82) is 0 Å². The van der Waals surface area contributed by atoms with Gasteiger partial charge in [-0.25, -0.2) is 4.79 Å². The highest BCUT2D eigenvalue weighted by atomic mass is 16.5. The second kappa shape index (κ2) is 7.04. The number of ether oxygens (including phenoxy) is 1. The molecule has 22 heavy (non-hydrogen) atoms. The van der Waals surface area contributed by atoms with Crippen LogP contribution in [-0.2, 0) is 14.3 Å². The summed E-state index contributed by atoms with van der Waals surface area (Å²) in [6.45, 7) is 0.0568. The molecule has 1 heterocycles. The molecule has 1 saturated heterocycles. The van der Waals surface area contributed by atoms with Crippen LogP contribution in [0, 0.1) is 0 Å². The number of carbonyl (C=O) groups is 3. The van der Waals surface area contributed by atoms with E-state index in [1.807, 2.05) is 6.07 Å². The minimum absolute atomic E-state index is 0.188. The minimum Gasteiger partial charge on any atom is -0.467 e. The van der Waals surface area contributed by atoms with Crippen LogP contribution in [-0.4, -0.2) is 55.0 Å². The Morgan fingerprint density at radius 2 is 2.00 bits per heavy atom. The summed E-state index contributed by atoms with van der Waals surface area (Å²) in [5.74, 6) is -1.08. The average molecular weight is 305 g/mol. The van der Waals surface area contributed by atoms with Gasteiger partial charge in [-0.05, 0) is 12.1 Å². The lowest BCUT2D eigenvalue weighted by molar-refractivity contribution is -0.150. The fourth-order valence-corrected chi connectivity index (χ4v) is 2.55. The summed E-state index contributed by atoms with van der Waals surface area (Å²) in [7, 11) is 1.27. The molecule has 3 N–H and O–H groups in total. The van der Waals surface area contributed by atoms with Gasteiger partial charge in [0, 0.05) is 24.6 Å². The average Bonchev–Trinajstić information content (AvgIpc) is 2.98. The molecule has 118 valence electrons. The number of likely N-dealkylation sites (tertiary alicyclic amines) is 1. The number of hydrogen-bond acceptors (Lipinski definition) is 5. The summed E-state index contributed by atoms with van der Waals surface area (Å²) in [6, 6.07) is 7.74. The zero-order chi connectivity index (χ0) is 16.1. The second-order valence-corrected chi connectivity index (χ2v) is 5.06. The quantitative estimate of drug-likeness (QED) is 0.731. The molecule has 0 radical (unpaired) electrons. The van der Waals surface area contributed by atoms with Gasteiger partial charge in [-0.3, -0.25) is 9.59 Å². The van der Waals surface area contributed by atoms with E-state index in [-0.39, 0.29) is 30.9 Å². The van der Waals surface area contributed by atoms with E-state index in [9.17, 15) is 14.4 Å². The normalized spacial score (nSPS) is 20.5. The molecule has 2 rings (SSSR count). The lowest BCUT2D eigenvalue weighted by Crippen LogP contribution is -2.44. The maximum atomic E-state index is 12.1. The van der Waals surface area contributed by atoms with Crippen LogP contribution in [0.25, 0.3) is 0 Å². The smallest absolute Gasteiger partial charge is 0.328 e. The number of hydrogen-bond donors (Lipinski definition) is 2. The van der Waals surface area contributed by atoms with Gasteiger partial charge in [0.25, 0.3) is 5.91 Å². The Morgan fingerprint density at radius 3 is 2.59 bits per heavy atom. The summed E-state index contributed by atoms with van der Waals surface area (Å²) in [5, 5.41) is 2.83. The SMILES string of the molecule is COC(=O)[C@@H]1C[C@@H](NC(=O)c2ccccc2)CN1C(=O)CN. The first-order valence-electron chi connectivity index (χ1n) is 7.00. The molecule has 0 unspecified atom stereocenters. The van der Waals surface area contributed by atoms with Crippen molar-refractivity contribution in [2.24, 2.45) is 5.73 Å². The highest BCUT2D eigenvalue weighted by molar-refractivity contribution is 5.94. The van der Waals surface area contributed by atoms with Gasteiger partial charge in [-0.15, -0.1) is 0 Å². The van der Waals surface area contributed by atoms with Crippen molar-refractivity contribution in [2.45, 2.75) is 18.5 Å². The first kappa shape index (κ1) is 16.0. The van der Waals surface area contributed by atoms with Crippen molar-refractivity contribution in [2.75, 3.05) is 20.2 Å². The predicted octanol–water partition coefficient (Wildman–Crippen LogP) is -0.482. The van der Waals surface area contributed by atoms with Crippen LogP contribution >= 0.6 is 0 Å². The largest absolute Gasteiger partial charge is 0.467 e. The highest BCUT2D eigenvalue weighted by Gasteiger charge is 2.40.